The Morgan fingerprint density at radius 1 is 1.19 bits per heavy atom. The van der Waals surface area contributed by atoms with Crippen LogP contribution in [0.2, 0.25) is 0 Å². The molecule has 27 heavy (non-hydrogen) atoms. The van der Waals surface area contributed by atoms with Gasteiger partial charge < -0.3 is 9.80 Å². The van der Waals surface area contributed by atoms with Gasteiger partial charge in [-0.05, 0) is 30.5 Å². The lowest BCUT2D eigenvalue weighted by Crippen LogP contribution is -2.41. The molecule has 0 aromatic heterocycles. The summed E-state index contributed by atoms with van der Waals surface area (Å²) in [6.07, 6.45) is 1.40. The number of rotatable bonds is 5. The Labute approximate surface area is 167 Å². The second-order valence-corrected chi connectivity index (χ2v) is 7.65. The van der Waals surface area contributed by atoms with E-state index in [1.54, 1.807) is 17.0 Å². The van der Waals surface area contributed by atoms with Gasteiger partial charge in [-0.25, -0.2) is 0 Å². The monoisotopic (exact) mass is 431 g/mol. The molecule has 142 valence electrons. The first-order valence-electron chi connectivity index (χ1n) is 8.94. The van der Waals surface area contributed by atoms with Gasteiger partial charge in [0.2, 0.25) is 5.91 Å². The molecule has 0 radical (unpaired) electrons. The number of para-hydroxylation sites is 2. The van der Waals surface area contributed by atoms with Gasteiger partial charge in [0.1, 0.15) is 5.69 Å². The van der Waals surface area contributed by atoms with Crippen LogP contribution in [0.4, 0.5) is 11.4 Å². The molecule has 0 spiro atoms. The smallest absolute Gasteiger partial charge is 0.292 e. The van der Waals surface area contributed by atoms with Gasteiger partial charge in [-0.15, -0.1) is 0 Å². The number of piperidine rings is 1. The molecule has 6 nitrogen and oxygen atoms in total. The van der Waals surface area contributed by atoms with Crippen molar-refractivity contribution in [1.29, 1.82) is 0 Å². The van der Waals surface area contributed by atoms with E-state index in [9.17, 15) is 14.9 Å². The zero-order valence-corrected chi connectivity index (χ0v) is 16.8. The third-order valence-electron chi connectivity index (χ3n) is 5.00. The quantitative estimate of drug-likeness (QED) is 0.524. The first-order valence-corrected chi connectivity index (χ1v) is 9.73. The molecule has 0 bridgehead atoms. The summed E-state index contributed by atoms with van der Waals surface area (Å²) in [6, 6.07) is 14.7. The first kappa shape index (κ1) is 19.4. The standard InChI is InChI=1S/C20H22BrN3O3/c1-22(14-16-6-2-3-7-17(16)21)20(25)15-10-12-23(13-11-15)18-8-4-5-9-19(18)24(26)27/h2-9,15H,10-14H2,1H3. The summed E-state index contributed by atoms with van der Waals surface area (Å²) in [5, 5.41) is 11.2. The number of nitro benzene ring substituents is 1. The number of halogens is 1. The molecule has 2 aromatic carbocycles. The van der Waals surface area contributed by atoms with Crippen molar-refractivity contribution in [2.45, 2.75) is 19.4 Å². The highest BCUT2D eigenvalue weighted by Crippen LogP contribution is 2.31. The maximum absolute atomic E-state index is 12.8. The third-order valence-corrected chi connectivity index (χ3v) is 5.78. The molecule has 1 aliphatic rings. The molecule has 0 atom stereocenters. The van der Waals surface area contributed by atoms with Crippen LogP contribution in [0.5, 0.6) is 0 Å². The van der Waals surface area contributed by atoms with Crippen LogP contribution in [0.25, 0.3) is 0 Å². The van der Waals surface area contributed by atoms with E-state index in [4.69, 9.17) is 0 Å². The lowest BCUT2D eigenvalue weighted by Gasteiger charge is -2.34. The second-order valence-electron chi connectivity index (χ2n) is 6.79. The van der Waals surface area contributed by atoms with Crippen molar-refractivity contribution in [1.82, 2.24) is 4.90 Å². The van der Waals surface area contributed by atoms with Crippen LogP contribution in [-0.2, 0) is 11.3 Å². The van der Waals surface area contributed by atoms with Crippen molar-refractivity contribution in [2.75, 3.05) is 25.0 Å². The van der Waals surface area contributed by atoms with Crippen LogP contribution in [0, 0.1) is 16.0 Å². The first-order chi connectivity index (χ1) is 13.0. The maximum Gasteiger partial charge on any atom is 0.292 e. The van der Waals surface area contributed by atoms with E-state index in [1.165, 1.54) is 6.07 Å². The Kier molecular flexibility index (Phi) is 6.11. The van der Waals surface area contributed by atoms with Gasteiger partial charge in [0, 0.05) is 43.1 Å². The summed E-state index contributed by atoms with van der Waals surface area (Å²) in [6.45, 7) is 1.85. The molecule has 0 aliphatic carbocycles. The third kappa shape index (κ3) is 4.47. The molecule has 1 amide bonds. The molecule has 1 fully saturated rings. The summed E-state index contributed by atoms with van der Waals surface area (Å²) in [5.74, 6) is 0.0875. The van der Waals surface area contributed by atoms with Crippen molar-refractivity contribution in [3.63, 3.8) is 0 Å². The van der Waals surface area contributed by atoms with Gasteiger partial charge in [-0.1, -0.05) is 46.3 Å². The average Bonchev–Trinajstić information content (AvgIpc) is 2.69. The van der Waals surface area contributed by atoms with E-state index in [0.29, 0.717) is 38.2 Å². The lowest BCUT2D eigenvalue weighted by molar-refractivity contribution is -0.384. The van der Waals surface area contributed by atoms with Crippen molar-refractivity contribution < 1.29 is 9.72 Å². The van der Waals surface area contributed by atoms with Crippen molar-refractivity contribution in [3.8, 4) is 0 Å². The second kappa shape index (κ2) is 8.52. The van der Waals surface area contributed by atoms with Crippen LogP contribution in [-0.4, -0.2) is 35.9 Å². The van der Waals surface area contributed by atoms with Crippen LogP contribution in [0.15, 0.2) is 53.0 Å². The van der Waals surface area contributed by atoms with Crippen LogP contribution >= 0.6 is 15.9 Å². The van der Waals surface area contributed by atoms with Crippen LogP contribution < -0.4 is 4.90 Å². The summed E-state index contributed by atoms with van der Waals surface area (Å²) in [4.78, 5) is 27.5. The maximum atomic E-state index is 12.8. The summed E-state index contributed by atoms with van der Waals surface area (Å²) >= 11 is 3.52. The Morgan fingerprint density at radius 3 is 2.48 bits per heavy atom. The Hall–Kier alpha value is -2.41. The fourth-order valence-electron chi connectivity index (χ4n) is 3.53. The lowest BCUT2D eigenvalue weighted by atomic mass is 9.94. The SMILES string of the molecule is CN(Cc1ccccc1Br)C(=O)C1CCN(c2ccccc2[N+](=O)[O-])CC1. The molecule has 1 aliphatic heterocycles. The predicted octanol–water partition coefficient (Wildman–Crippen LogP) is 4.23. The zero-order chi connectivity index (χ0) is 19.4. The average molecular weight is 432 g/mol. The fourth-order valence-corrected chi connectivity index (χ4v) is 3.94. The number of amides is 1. The largest absolute Gasteiger partial charge is 0.366 e. The number of nitro groups is 1. The Bertz CT molecular complexity index is 835. The van der Waals surface area contributed by atoms with Gasteiger partial charge in [0.15, 0.2) is 0 Å². The van der Waals surface area contributed by atoms with Crippen molar-refractivity contribution >= 4 is 33.2 Å². The van der Waals surface area contributed by atoms with Gasteiger partial charge in [-0.2, -0.15) is 0 Å². The molecule has 0 unspecified atom stereocenters. The van der Waals surface area contributed by atoms with Gasteiger partial charge in [-0.3, -0.25) is 14.9 Å². The summed E-state index contributed by atoms with van der Waals surface area (Å²) < 4.78 is 0.996. The number of hydrogen-bond donors (Lipinski definition) is 0. The number of hydrogen-bond acceptors (Lipinski definition) is 4. The molecule has 2 aromatic rings. The highest BCUT2D eigenvalue weighted by Gasteiger charge is 2.29. The molecule has 3 rings (SSSR count). The van der Waals surface area contributed by atoms with E-state index in [0.717, 1.165) is 10.0 Å². The van der Waals surface area contributed by atoms with Crippen molar-refractivity contribution in [2.24, 2.45) is 5.92 Å². The normalized spacial score (nSPS) is 14.8. The molecule has 0 saturated carbocycles. The van der Waals surface area contributed by atoms with Gasteiger partial charge >= 0.3 is 0 Å². The number of nitrogens with zero attached hydrogens (tertiary/aromatic N) is 3. The number of carbonyl (C=O) groups is 1. The highest BCUT2D eigenvalue weighted by atomic mass is 79.9. The van der Waals surface area contributed by atoms with Crippen LogP contribution in [0.1, 0.15) is 18.4 Å². The Balaban J connectivity index is 1.61. The number of carbonyl (C=O) groups excluding carboxylic acids is 1. The minimum absolute atomic E-state index is 0.0449. The summed E-state index contributed by atoms with van der Waals surface area (Å²) in [7, 11) is 1.83. The number of benzene rings is 2. The van der Waals surface area contributed by atoms with Gasteiger partial charge in [0.05, 0.1) is 4.92 Å². The predicted molar refractivity (Wildman–Crippen MR) is 109 cm³/mol. The molecule has 7 heteroatoms. The molecule has 0 N–H and O–H groups in total. The molecular weight excluding hydrogens is 410 g/mol. The van der Waals surface area contributed by atoms with Gasteiger partial charge in [0.25, 0.3) is 5.69 Å². The minimum atomic E-state index is -0.349. The molecule has 1 heterocycles. The highest BCUT2D eigenvalue weighted by molar-refractivity contribution is 9.10. The topological polar surface area (TPSA) is 66.7 Å². The minimum Gasteiger partial charge on any atom is -0.366 e. The van der Waals surface area contributed by atoms with E-state index >= 15 is 0 Å². The fraction of sp³-hybridized carbons (Fsp3) is 0.350. The van der Waals surface area contributed by atoms with Crippen molar-refractivity contribution in [3.05, 3.63) is 68.7 Å². The zero-order valence-electron chi connectivity index (χ0n) is 15.2. The van der Waals surface area contributed by atoms with E-state index in [-0.39, 0.29) is 22.4 Å². The Morgan fingerprint density at radius 2 is 1.81 bits per heavy atom. The van der Waals surface area contributed by atoms with E-state index in [1.807, 2.05) is 42.3 Å². The summed E-state index contributed by atoms with van der Waals surface area (Å²) in [5.41, 5.74) is 1.83. The van der Waals surface area contributed by atoms with E-state index < -0.39 is 0 Å². The molecular formula is C20H22BrN3O3. The molecule has 1 saturated heterocycles. The van der Waals surface area contributed by atoms with E-state index in [2.05, 4.69) is 15.9 Å². The van der Waals surface area contributed by atoms with Crippen LogP contribution in [0.3, 0.4) is 0 Å². The number of anilines is 1.